The van der Waals surface area contributed by atoms with Crippen molar-refractivity contribution in [2.24, 2.45) is 0 Å². The molecule has 8 bridgehead atoms. The Hall–Kier alpha value is -5.61. The Bertz CT molecular complexity index is 2590. The third-order valence-electron chi connectivity index (χ3n) is 11.1. The second-order valence-corrected chi connectivity index (χ2v) is 13.7. The largest absolute Gasteiger partial charge is 0.354 e. The summed E-state index contributed by atoms with van der Waals surface area (Å²) in [6.45, 7) is 17.9. The van der Waals surface area contributed by atoms with Gasteiger partial charge >= 0.3 is 0 Å². The molecule has 1 aliphatic rings. The normalized spacial score (nSPS) is 12.4. The van der Waals surface area contributed by atoms with E-state index in [-0.39, 0.29) is 0 Å². The number of allylic oxidation sites excluding steroid dienone is 2. The predicted octanol–water partition coefficient (Wildman–Crippen LogP) is 12.3. The van der Waals surface area contributed by atoms with E-state index < -0.39 is 0 Å². The van der Waals surface area contributed by atoms with E-state index in [1.807, 2.05) is 0 Å². The summed E-state index contributed by atoms with van der Waals surface area (Å²) in [4.78, 5) is 17.6. The SMILES string of the molecule is CC1=C(C)c2nc1c(-c1ccccc1)c1[nH]c(c(C)c1C)c(-c1ccccc1)c1[nH]c(c(C)c1C)c1[nH]c(c(C)c1C)c2-c1ccccc1. The minimum absolute atomic E-state index is 1.01. The van der Waals surface area contributed by atoms with Crippen LogP contribution in [-0.2, 0) is 0 Å². The fourth-order valence-electron chi connectivity index (χ4n) is 7.71. The summed E-state index contributed by atoms with van der Waals surface area (Å²) in [7, 11) is 0. The molecule has 0 radical (unpaired) electrons. The standard InChI is InChI=1S/C45H42N4/c1-24-26(3)40-36(33-20-14-10-15-21-33)42-28(5)30(7)44(48-42)45-31(8)29(6)43(49-45)37(34-22-16-11-17-23-34)41-27(4)25(2)39(47-41)35(38(24)46-40)32-18-12-9-13-19-32/h9-23,46,48-49H,1-8H3. The summed E-state index contributed by atoms with van der Waals surface area (Å²) in [5.41, 5.74) is 25.4. The number of aromatic amines is 3. The molecule has 4 aromatic heterocycles. The number of hydrogen-bond donors (Lipinski definition) is 3. The van der Waals surface area contributed by atoms with Crippen LogP contribution >= 0.6 is 0 Å². The van der Waals surface area contributed by atoms with Crippen molar-refractivity contribution in [1.82, 2.24) is 19.9 Å². The lowest BCUT2D eigenvalue weighted by Gasteiger charge is -2.08. The molecule has 4 heteroatoms. The number of rotatable bonds is 3. The molecule has 8 rings (SSSR count). The van der Waals surface area contributed by atoms with Crippen LogP contribution in [0.25, 0.3) is 77.6 Å². The van der Waals surface area contributed by atoms with Gasteiger partial charge in [-0.2, -0.15) is 0 Å². The molecule has 242 valence electrons. The zero-order valence-corrected chi connectivity index (χ0v) is 29.6. The molecule has 3 aromatic carbocycles. The van der Waals surface area contributed by atoms with Gasteiger partial charge in [0.1, 0.15) is 0 Å². The smallest absolute Gasteiger partial charge is 0.0769 e. The Balaban J connectivity index is 1.73. The van der Waals surface area contributed by atoms with Gasteiger partial charge in [0.2, 0.25) is 0 Å². The van der Waals surface area contributed by atoms with E-state index in [9.17, 15) is 0 Å². The first kappa shape index (κ1) is 30.7. The summed E-state index contributed by atoms with van der Waals surface area (Å²) in [6, 6.07) is 32.3. The predicted molar refractivity (Wildman–Crippen MR) is 209 cm³/mol. The average molecular weight is 639 g/mol. The molecule has 0 atom stereocenters. The molecule has 1 aliphatic heterocycles. The lowest BCUT2D eigenvalue weighted by atomic mass is 9.95. The van der Waals surface area contributed by atoms with Crippen molar-refractivity contribution < 1.29 is 0 Å². The third kappa shape index (κ3) is 4.62. The van der Waals surface area contributed by atoms with Crippen molar-refractivity contribution in [1.29, 1.82) is 0 Å². The molecule has 0 saturated carbocycles. The molecule has 0 fully saturated rings. The second-order valence-electron chi connectivity index (χ2n) is 13.7. The number of nitrogens with zero attached hydrogens (tertiary/aromatic N) is 1. The molecule has 49 heavy (non-hydrogen) atoms. The van der Waals surface area contributed by atoms with E-state index in [2.05, 4.69) is 161 Å². The highest BCUT2D eigenvalue weighted by Gasteiger charge is 2.25. The average Bonchev–Trinajstić information content (AvgIpc) is 3.78. The zero-order valence-electron chi connectivity index (χ0n) is 29.6. The molecule has 7 aromatic rings. The summed E-state index contributed by atoms with van der Waals surface area (Å²) < 4.78 is 0. The van der Waals surface area contributed by atoms with E-state index in [1.54, 1.807) is 0 Å². The van der Waals surface area contributed by atoms with Crippen LogP contribution in [0.4, 0.5) is 0 Å². The molecule has 0 amide bonds. The van der Waals surface area contributed by atoms with Crippen LogP contribution in [0.5, 0.6) is 0 Å². The van der Waals surface area contributed by atoms with Gasteiger partial charge in [0, 0.05) is 16.7 Å². The van der Waals surface area contributed by atoms with Crippen molar-refractivity contribution in [3.63, 3.8) is 0 Å². The van der Waals surface area contributed by atoms with E-state index in [0.717, 1.165) is 66.7 Å². The number of hydrogen-bond acceptors (Lipinski definition) is 1. The lowest BCUT2D eigenvalue weighted by Crippen LogP contribution is -1.90. The minimum Gasteiger partial charge on any atom is -0.354 e. The number of nitrogens with one attached hydrogen (secondary N) is 3. The van der Waals surface area contributed by atoms with Gasteiger partial charge in [-0.3, -0.25) is 0 Å². The van der Waals surface area contributed by atoms with Crippen LogP contribution in [0.15, 0.2) is 91.0 Å². The summed E-state index contributed by atoms with van der Waals surface area (Å²) in [6.07, 6.45) is 0. The van der Waals surface area contributed by atoms with Crippen LogP contribution in [0.1, 0.15) is 58.6 Å². The maximum Gasteiger partial charge on any atom is 0.0769 e. The van der Waals surface area contributed by atoms with Crippen LogP contribution in [0.3, 0.4) is 0 Å². The quantitative estimate of drug-likeness (QED) is 0.177. The number of benzene rings is 3. The van der Waals surface area contributed by atoms with E-state index in [0.29, 0.717) is 0 Å². The van der Waals surface area contributed by atoms with Gasteiger partial charge in [-0.05, 0) is 117 Å². The molecule has 4 nitrogen and oxygen atoms in total. The number of H-pyrrole nitrogens is 3. The molecule has 3 N–H and O–H groups in total. The first-order valence-electron chi connectivity index (χ1n) is 17.2. The van der Waals surface area contributed by atoms with E-state index in [4.69, 9.17) is 4.98 Å². The Kier molecular flexibility index (Phi) is 7.22. The number of aryl methyl sites for hydroxylation is 6. The van der Waals surface area contributed by atoms with Gasteiger partial charge in [-0.15, -0.1) is 0 Å². The zero-order chi connectivity index (χ0) is 34.1. The molecule has 5 heterocycles. The van der Waals surface area contributed by atoms with Crippen LogP contribution < -0.4 is 0 Å². The van der Waals surface area contributed by atoms with E-state index >= 15 is 0 Å². The van der Waals surface area contributed by atoms with Crippen molar-refractivity contribution in [2.75, 3.05) is 0 Å². The minimum atomic E-state index is 1.01. The first-order valence-corrected chi connectivity index (χ1v) is 17.2. The Morgan fingerprint density at radius 2 is 0.592 bits per heavy atom. The van der Waals surface area contributed by atoms with Crippen LogP contribution in [0.2, 0.25) is 0 Å². The molecule has 0 aliphatic carbocycles. The fourth-order valence-corrected chi connectivity index (χ4v) is 7.71. The van der Waals surface area contributed by atoms with Crippen molar-refractivity contribution in [3.05, 3.63) is 136 Å². The number of fused-ring (bicyclic) bond motifs is 9. The van der Waals surface area contributed by atoms with Crippen molar-refractivity contribution >= 4 is 44.2 Å². The first-order chi connectivity index (χ1) is 23.7. The van der Waals surface area contributed by atoms with Gasteiger partial charge in [0.25, 0.3) is 0 Å². The summed E-state index contributed by atoms with van der Waals surface area (Å²) >= 11 is 0. The maximum absolute atomic E-state index is 5.64. The van der Waals surface area contributed by atoms with Gasteiger partial charge in [-0.1, -0.05) is 91.0 Å². The van der Waals surface area contributed by atoms with Crippen LogP contribution in [-0.4, -0.2) is 19.9 Å². The van der Waals surface area contributed by atoms with Gasteiger partial charge in [-0.25, -0.2) is 4.98 Å². The van der Waals surface area contributed by atoms with Gasteiger partial charge in [0.15, 0.2) is 0 Å². The Labute approximate surface area is 288 Å². The monoisotopic (exact) mass is 638 g/mol. The highest BCUT2D eigenvalue weighted by Crippen LogP contribution is 2.44. The maximum atomic E-state index is 5.64. The molecule has 0 saturated heterocycles. The third-order valence-corrected chi connectivity index (χ3v) is 11.1. The van der Waals surface area contributed by atoms with Crippen molar-refractivity contribution in [3.8, 4) is 33.4 Å². The molecular formula is C45H42N4. The molecule has 0 unspecified atom stereocenters. The summed E-state index contributed by atoms with van der Waals surface area (Å²) in [5.74, 6) is 0. The Morgan fingerprint density at radius 1 is 0.327 bits per heavy atom. The fraction of sp³-hybridized carbons (Fsp3) is 0.178. The Morgan fingerprint density at radius 3 is 0.939 bits per heavy atom. The molecular weight excluding hydrogens is 597 g/mol. The highest BCUT2D eigenvalue weighted by atomic mass is 14.8. The van der Waals surface area contributed by atoms with E-state index in [1.165, 1.54) is 55.7 Å². The summed E-state index contributed by atoms with van der Waals surface area (Å²) in [5, 5.41) is 0. The topological polar surface area (TPSA) is 60.3 Å². The van der Waals surface area contributed by atoms with Crippen molar-refractivity contribution in [2.45, 2.75) is 55.4 Å². The second kappa shape index (κ2) is 11.5. The van der Waals surface area contributed by atoms with Gasteiger partial charge < -0.3 is 15.0 Å². The van der Waals surface area contributed by atoms with Gasteiger partial charge in [0.05, 0.1) is 44.5 Å². The lowest BCUT2D eigenvalue weighted by molar-refractivity contribution is 1.29. The highest BCUT2D eigenvalue weighted by molar-refractivity contribution is 6.07. The van der Waals surface area contributed by atoms with Crippen LogP contribution in [0, 0.1) is 41.5 Å². The number of aromatic nitrogens is 4. The molecule has 0 spiro atoms.